The summed E-state index contributed by atoms with van der Waals surface area (Å²) in [5.41, 5.74) is 5.88. The van der Waals surface area contributed by atoms with Gasteiger partial charge in [0.25, 0.3) is 0 Å². The van der Waals surface area contributed by atoms with Crippen molar-refractivity contribution in [3.8, 4) is 11.8 Å². The second kappa shape index (κ2) is 6.37. The Kier molecular flexibility index (Phi) is 4.11. The van der Waals surface area contributed by atoms with Crippen molar-refractivity contribution in [3.63, 3.8) is 0 Å². The largest absolute Gasteiger partial charge is 0.378 e. The van der Waals surface area contributed by atoms with Crippen molar-refractivity contribution in [3.05, 3.63) is 77.1 Å². The second-order valence-corrected chi connectivity index (χ2v) is 5.46. The molecule has 114 valence electrons. The maximum atomic E-state index is 8.98. The molecule has 0 aliphatic heterocycles. The van der Waals surface area contributed by atoms with Crippen LogP contribution in [0.25, 0.3) is 5.69 Å². The molecule has 0 saturated carbocycles. The van der Waals surface area contributed by atoms with E-state index in [4.69, 9.17) is 5.26 Å². The average molecular weight is 302 g/mol. The molecule has 0 saturated heterocycles. The van der Waals surface area contributed by atoms with E-state index in [1.165, 1.54) is 0 Å². The van der Waals surface area contributed by atoms with E-state index in [-0.39, 0.29) is 0 Å². The topological polar surface area (TPSA) is 53.6 Å². The van der Waals surface area contributed by atoms with Crippen LogP contribution in [0.15, 0.2) is 54.6 Å². The Morgan fingerprint density at radius 2 is 1.87 bits per heavy atom. The highest BCUT2D eigenvalue weighted by Crippen LogP contribution is 2.23. The number of rotatable bonds is 4. The van der Waals surface area contributed by atoms with Crippen LogP contribution in [-0.4, -0.2) is 9.78 Å². The average Bonchev–Trinajstić information content (AvgIpc) is 2.88. The second-order valence-electron chi connectivity index (χ2n) is 5.46. The Labute approximate surface area is 136 Å². The number of nitriles is 1. The monoisotopic (exact) mass is 302 g/mol. The molecule has 0 spiro atoms. The fraction of sp³-hybridized carbons (Fsp3) is 0.158. The van der Waals surface area contributed by atoms with E-state index < -0.39 is 0 Å². The number of aromatic nitrogens is 2. The predicted molar refractivity (Wildman–Crippen MR) is 91.5 cm³/mol. The van der Waals surface area contributed by atoms with Crippen molar-refractivity contribution in [1.29, 1.82) is 5.26 Å². The van der Waals surface area contributed by atoms with Gasteiger partial charge in [-0.2, -0.15) is 10.4 Å². The number of benzene rings is 2. The molecule has 0 aliphatic rings. The van der Waals surface area contributed by atoms with Crippen molar-refractivity contribution in [2.75, 3.05) is 5.32 Å². The van der Waals surface area contributed by atoms with E-state index in [2.05, 4.69) is 23.4 Å². The molecule has 3 aromatic rings. The van der Waals surface area contributed by atoms with Crippen LogP contribution in [0.1, 0.15) is 22.5 Å². The van der Waals surface area contributed by atoms with E-state index in [0.717, 1.165) is 28.3 Å². The van der Waals surface area contributed by atoms with Gasteiger partial charge in [0.2, 0.25) is 0 Å². The summed E-state index contributed by atoms with van der Waals surface area (Å²) >= 11 is 0. The number of nitrogens with one attached hydrogen (secondary N) is 1. The minimum Gasteiger partial charge on any atom is -0.378 e. The molecule has 0 fully saturated rings. The fourth-order valence-electron chi connectivity index (χ4n) is 2.66. The minimum atomic E-state index is 0.664. The summed E-state index contributed by atoms with van der Waals surface area (Å²) in [6, 6.07) is 19.9. The molecule has 0 atom stereocenters. The number of anilines is 1. The fourth-order valence-corrected chi connectivity index (χ4v) is 2.66. The van der Waals surface area contributed by atoms with Crippen molar-refractivity contribution < 1.29 is 0 Å². The quantitative estimate of drug-likeness (QED) is 0.793. The van der Waals surface area contributed by atoms with Crippen LogP contribution in [0.4, 0.5) is 5.69 Å². The maximum Gasteiger partial charge on any atom is 0.0991 e. The summed E-state index contributed by atoms with van der Waals surface area (Å²) in [5.74, 6) is 0. The summed E-state index contributed by atoms with van der Waals surface area (Å²) < 4.78 is 1.95. The maximum absolute atomic E-state index is 8.98. The summed E-state index contributed by atoms with van der Waals surface area (Å²) in [6.07, 6.45) is 0. The minimum absolute atomic E-state index is 0.664. The van der Waals surface area contributed by atoms with Gasteiger partial charge < -0.3 is 5.32 Å². The van der Waals surface area contributed by atoms with Crippen molar-refractivity contribution in [2.45, 2.75) is 20.4 Å². The van der Waals surface area contributed by atoms with Crippen LogP contribution in [0, 0.1) is 25.2 Å². The Balaban J connectivity index is 1.84. The standard InChI is InChI=1S/C19H18N4/c1-14-19(21-13-17-8-6-7-16(11-17)12-20)15(2)23(22-14)18-9-4-3-5-10-18/h3-11,21H,13H2,1-2H3. The Morgan fingerprint density at radius 1 is 1.09 bits per heavy atom. The molecule has 0 unspecified atom stereocenters. The first-order chi connectivity index (χ1) is 11.2. The van der Waals surface area contributed by atoms with Crippen LogP contribution < -0.4 is 5.32 Å². The van der Waals surface area contributed by atoms with E-state index in [9.17, 15) is 0 Å². The molecule has 23 heavy (non-hydrogen) atoms. The molecular formula is C19H18N4. The third-order valence-corrected chi connectivity index (χ3v) is 3.82. The van der Waals surface area contributed by atoms with Gasteiger partial charge in [0.15, 0.2) is 0 Å². The first-order valence-electron chi connectivity index (χ1n) is 7.53. The van der Waals surface area contributed by atoms with Gasteiger partial charge in [-0.1, -0.05) is 30.3 Å². The number of para-hydroxylation sites is 1. The Morgan fingerprint density at radius 3 is 2.61 bits per heavy atom. The van der Waals surface area contributed by atoms with Crippen LogP contribution in [0.3, 0.4) is 0 Å². The zero-order valence-corrected chi connectivity index (χ0v) is 13.2. The van der Waals surface area contributed by atoms with Crippen LogP contribution >= 0.6 is 0 Å². The molecule has 1 N–H and O–H groups in total. The van der Waals surface area contributed by atoms with Crippen molar-refractivity contribution >= 4 is 5.69 Å². The molecule has 1 heterocycles. The lowest BCUT2D eigenvalue weighted by atomic mass is 10.1. The lowest BCUT2D eigenvalue weighted by molar-refractivity contribution is 0.833. The normalized spacial score (nSPS) is 10.3. The van der Waals surface area contributed by atoms with Crippen LogP contribution in [0.2, 0.25) is 0 Å². The van der Waals surface area contributed by atoms with Crippen LogP contribution in [0.5, 0.6) is 0 Å². The van der Waals surface area contributed by atoms with Gasteiger partial charge in [-0.15, -0.1) is 0 Å². The van der Waals surface area contributed by atoms with Crippen molar-refractivity contribution in [1.82, 2.24) is 9.78 Å². The van der Waals surface area contributed by atoms with Gasteiger partial charge in [0.05, 0.1) is 34.4 Å². The van der Waals surface area contributed by atoms with Crippen LogP contribution in [-0.2, 0) is 6.54 Å². The third-order valence-electron chi connectivity index (χ3n) is 3.82. The molecule has 1 aromatic heterocycles. The summed E-state index contributed by atoms with van der Waals surface area (Å²) in [4.78, 5) is 0. The Bertz CT molecular complexity index is 857. The van der Waals surface area contributed by atoms with E-state index in [1.54, 1.807) is 0 Å². The Hall–Kier alpha value is -3.06. The van der Waals surface area contributed by atoms with E-state index in [1.807, 2.05) is 66.2 Å². The van der Waals surface area contributed by atoms with Gasteiger partial charge in [-0.25, -0.2) is 4.68 Å². The summed E-state index contributed by atoms with van der Waals surface area (Å²) in [6.45, 7) is 4.72. The number of hydrogen-bond donors (Lipinski definition) is 1. The first kappa shape index (κ1) is 14.9. The number of nitrogens with zero attached hydrogens (tertiary/aromatic N) is 3. The molecule has 4 nitrogen and oxygen atoms in total. The SMILES string of the molecule is Cc1nn(-c2ccccc2)c(C)c1NCc1cccc(C#N)c1. The predicted octanol–water partition coefficient (Wildman–Crippen LogP) is 3.97. The smallest absolute Gasteiger partial charge is 0.0991 e. The van der Waals surface area contributed by atoms with Gasteiger partial charge in [-0.05, 0) is 43.7 Å². The highest BCUT2D eigenvalue weighted by atomic mass is 15.3. The molecular weight excluding hydrogens is 284 g/mol. The van der Waals surface area contributed by atoms with E-state index >= 15 is 0 Å². The molecule has 0 radical (unpaired) electrons. The van der Waals surface area contributed by atoms with Gasteiger partial charge in [-0.3, -0.25) is 0 Å². The summed E-state index contributed by atoms with van der Waals surface area (Å²) in [5, 5.41) is 17.1. The zero-order valence-electron chi connectivity index (χ0n) is 13.2. The zero-order chi connectivity index (χ0) is 16.2. The number of aryl methyl sites for hydroxylation is 1. The molecule has 2 aromatic carbocycles. The molecule has 4 heteroatoms. The summed E-state index contributed by atoms with van der Waals surface area (Å²) in [7, 11) is 0. The molecule has 0 amide bonds. The molecule has 3 rings (SSSR count). The molecule has 0 bridgehead atoms. The lowest BCUT2D eigenvalue weighted by Crippen LogP contribution is -2.03. The third kappa shape index (κ3) is 3.09. The van der Waals surface area contributed by atoms with Crippen molar-refractivity contribution in [2.24, 2.45) is 0 Å². The number of hydrogen-bond acceptors (Lipinski definition) is 3. The van der Waals surface area contributed by atoms with Gasteiger partial charge in [0.1, 0.15) is 0 Å². The molecule has 0 aliphatic carbocycles. The highest BCUT2D eigenvalue weighted by molar-refractivity contribution is 5.55. The lowest BCUT2D eigenvalue weighted by Gasteiger charge is -2.08. The van der Waals surface area contributed by atoms with Gasteiger partial charge >= 0.3 is 0 Å². The van der Waals surface area contributed by atoms with E-state index in [0.29, 0.717) is 12.1 Å². The first-order valence-corrected chi connectivity index (χ1v) is 7.53. The highest BCUT2D eigenvalue weighted by Gasteiger charge is 2.12. The van der Waals surface area contributed by atoms with Gasteiger partial charge in [0, 0.05) is 6.54 Å².